The molecular formula is C19H22N2O5. The predicted molar refractivity (Wildman–Crippen MR) is 95.4 cm³/mol. The zero-order valence-corrected chi connectivity index (χ0v) is 14.6. The molecular weight excluding hydrogens is 336 g/mol. The molecule has 2 aromatic rings. The van der Waals surface area contributed by atoms with Crippen molar-refractivity contribution in [3.63, 3.8) is 0 Å². The average Bonchev–Trinajstić information content (AvgIpc) is 2.62. The third-order valence-corrected chi connectivity index (χ3v) is 4.38. The molecule has 1 saturated heterocycles. The van der Waals surface area contributed by atoms with Gasteiger partial charge in [0.05, 0.1) is 19.8 Å². The van der Waals surface area contributed by atoms with Gasteiger partial charge in [0.25, 0.3) is 5.91 Å². The molecule has 0 unspecified atom stereocenters. The predicted octanol–water partition coefficient (Wildman–Crippen LogP) is 0.895. The summed E-state index contributed by atoms with van der Waals surface area (Å²) in [5, 5.41) is 12.6. The van der Waals surface area contributed by atoms with E-state index in [0.29, 0.717) is 6.54 Å². The lowest BCUT2D eigenvalue weighted by atomic mass is 9.97. The van der Waals surface area contributed by atoms with Crippen molar-refractivity contribution in [3.8, 4) is 5.75 Å². The Balaban J connectivity index is 2.03. The number of aliphatic hydroxyl groups is 1. The lowest BCUT2D eigenvalue weighted by molar-refractivity contribution is -0.125. The van der Waals surface area contributed by atoms with E-state index in [2.05, 4.69) is 5.32 Å². The topological polar surface area (TPSA) is 89.8 Å². The first kappa shape index (κ1) is 18.2. The van der Waals surface area contributed by atoms with Crippen LogP contribution in [0.5, 0.6) is 5.75 Å². The van der Waals surface area contributed by atoms with Crippen LogP contribution in [0.3, 0.4) is 0 Å². The van der Waals surface area contributed by atoms with Crippen LogP contribution in [-0.2, 0) is 16.9 Å². The van der Waals surface area contributed by atoms with E-state index in [4.69, 9.17) is 9.47 Å². The molecule has 0 spiro atoms. The first-order valence-corrected chi connectivity index (χ1v) is 8.51. The van der Waals surface area contributed by atoms with Crippen LogP contribution in [0.1, 0.15) is 23.0 Å². The van der Waals surface area contributed by atoms with Gasteiger partial charge in [-0.15, -0.1) is 0 Å². The Morgan fingerprint density at radius 2 is 2.04 bits per heavy atom. The molecule has 2 heterocycles. The second-order valence-electron chi connectivity index (χ2n) is 6.24. The summed E-state index contributed by atoms with van der Waals surface area (Å²) in [4.78, 5) is 25.1. The number of aliphatic hydroxyl groups excluding tert-OH is 1. The number of rotatable bonds is 7. The summed E-state index contributed by atoms with van der Waals surface area (Å²) in [6.07, 6.45) is 1.51. The Kier molecular flexibility index (Phi) is 5.39. The van der Waals surface area contributed by atoms with Gasteiger partial charge < -0.3 is 24.5 Å². The lowest BCUT2D eigenvalue weighted by Crippen LogP contribution is -2.56. The summed E-state index contributed by atoms with van der Waals surface area (Å²) < 4.78 is 12.6. The van der Waals surface area contributed by atoms with Crippen LogP contribution in [0.2, 0.25) is 0 Å². The van der Waals surface area contributed by atoms with Crippen molar-refractivity contribution in [1.29, 1.82) is 0 Å². The van der Waals surface area contributed by atoms with Gasteiger partial charge in [0.2, 0.25) is 5.43 Å². The minimum Gasteiger partial charge on any atom is -0.483 e. The van der Waals surface area contributed by atoms with Crippen LogP contribution in [0.25, 0.3) is 0 Å². The quantitative estimate of drug-likeness (QED) is 0.767. The molecule has 3 rings (SSSR count). The molecule has 7 nitrogen and oxygen atoms in total. The number of hydrogen-bond donors (Lipinski definition) is 2. The lowest BCUT2D eigenvalue weighted by Gasteiger charge is -2.43. The van der Waals surface area contributed by atoms with E-state index in [0.717, 1.165) is 5.56 Å². The van der Waals surface area contributed by atoms with Crippen LogP contribution < -0.4 is 15.5 Å². The number of nitrogens with zero attached hydrogens (tertiary/aromatic N) is 1. The number of amides is 1. The van der Waals surface area contributed by atoms with Gasteiger partial charge >= 0.3 is 0 Å². The molecule has 138 valence electrons. The average molecular weight is 358 g/mol. The van der Waals surface area contributed by atoms with Gasteiger partial charge in [-0.2, -0.15) is 0 Å². The molecule has 1 amide bonds. The first-order chi connectivity index (χ1) is 12.6. The smallest absolute Gasteiger partial charge is 0.271 e. The molecule has 0 saturated carbocycles. The molecule has 0 radical (unpaired) electrons. The highest BCUT2D eigenvalue weighted by Crippen LogP contribution is 2.29. The standard InChI is InChI=1S/C19H22N2O5/c1-2-20-18(24)16-17(26-10-14-6-4-3-5-7-14)15(23)8-9-21(16)19(11-22)12-25-13-19/h3-9,22H,2,10-13H2,1H3,(H,20,24). The molecule has 7 heteroatoms. The Morgan fingerprint density at radius 3 is 2.62 bits per heavy atom. The van der Waals surface area contributed by atoms with Crippen LogP contribution in [0.15, 0.2) is 47.4 Å². The van der Waals surface area contributed by atoms with Crippen molar-refractivity contribution in [1.82, 2.24) is 9.88 Å². The Hall–Kier alpha value is -2.64. The molecule has 2 N–H and O–H groups in total. The summed E-state index contributed by atoms with van der Waals surface area (Å²) in [6, 6.07) is 10.7. The van der Waals surface area contributed by atoms with Gasteiger partial charge in [0, 0.05) is 18.8 Å². The molecule has 1 aromatic carbocycles. The second kappa shape index (κ2) is 7.72. The number of pyridine rings is 1. The molecule has 0 atom stereocenters. The number of carbonyl (C=O) groups is 1. The van der Waals surface area contributed by atoms with Gasteiger partial charge in [-0.1, -0.05) is 30.3 Å². The maximum atomic E-state index is 12.7. The molecule has 0 bridgehead atoms. The van der Waals surface area contributed by atoms with E-state index in [1.54, 1.807) is 11.5 Å². The Bertz CT molecular complexity index is 822. The van der Waals surface area contributed by atoms with E-state index in [1.807, 2.05) is 30.3 Å². The number of carbonyl (C=O) groups excluding carboxylic acids is 1. The van der Waals surface area contributed by atoms with Crippen molar-refractivity contribution < 1.29 is 19.4 Å². The summed E-state index contributed by atoms with van der Waals surface area (Å²) >= 11 is 0. The van der Waals surface area contributed by atoms with Crippen LogP contribution in [-0.4, -0.2) is 41.9 Å². The minimum atomic E-state index is -0.765. The minimum absolute atomic E-state index is 0.0259. The van der Waals surface area contributed by atoms with Crippen molar-refractivity contribution in [3.05, 3.63) is 64.1 Å². The highest BCUT2D eigenvalue weighted by atomic mass is 16.5. The largest absolute Gasteiger partial charge is 0.483 e. The number of hydrogen-bond acceptors (Lipinski definition) is 5. The number of ether oxygens (including phenoxy) is 2. The van der Waals surface area contributed by atoms with E-state index in [-0.39, 0.29) is 43.3 Å². The van der Waals surface area contributed by atoms with E-state index >= 15 is 0 Å². The zero-order chi connectivity index (χ0) is 18.6. The van der Waals surface area contributed by atoms with Crippen molar-refractivity contribution >= 4 is 5.91 Å². The van der Waals surface area contributed by atoms with Gasteiger partial charge in [-0.3, -0.25) is 9.59 Å². The first-order valence-electron chi connectivity index (χ1n) is 8.51. The fraction of sp³-hybridized carbons (Fsp3) is 0.368. The zero-order valence-electron chi connectivity index (χ0n) is 14.6. The fourth-order valence-corrected chi connectivity index (χ4v) is 2.88. The van der Waals surface area contributed by atoms with Gasteiger partial charge in [-0.25, -0.2) is 0 Å². The summed E-state index contributed by atoms with van der Waals surface area (Å²) in [7, 11) is 0. The molecule has 1 aliphatic rings. The summed E-state index contributed by atoms with van der Waals surface area (Å²) in [6.45, 7) is 2.67. The Labute approximate surface area is 151 Å². The van der Waals surface area contributed by atoms with Crippen molar-refractivity contribution in [2.24, 2.45) is 0 Å². The van der Waals surface area contributed by atoms with Crippen LogP contribution in [0, 0.1) is 0 Å². The third kappa shape index (κ3) is 3.36. The molecule has 1 fully saturated rings. The number of benzene rings is 1. The van der Waals surface area contributed by atoms with Gasteiger partial charge in [-0.05, 0) is 12.5 Å². The van der Waals surface area contributed by atoms with Gasteiger partial charge in [0.1, 0.15) is 12.1 Å². The number of nitrogens with one attached hydrogen (secondary N) is 1. The fourth-order valence-electron chi connectivity index (χ4n) is 2.88. The van der Waals surface area contributed by atoms with Gasteiger partial charge in [0.15, 0.2) is 11.4 Å². The summed E-state index contributed by atoms with van der Waals surface area (Å²) in [5.41, 5.74) is -0.161. The molecule has 1 aromatic heterocycles. The van der Waals surface area contributed by atoms with Crippen LogP contribution in [0.4, 0.5) is 0 Å². The van der Waals surface area contributed by atoms with Crippen molar-refractivity contribution in [2.75, 3.05) is 26.4 Å². The second-order valence-corrected chi connectivity index (χ2v) is 6.24. The molecule has 26 heavy (non-hydrogen) atoms. The van der Waals surface area contributed by atoms with E-state index in [1.165, 1.54) is 12.3 Å². The van der Waals surface area contributed by atoms with E-state index < -0.39 is 11.4 Å². The highest BCUT2D eigenvalue weighted by Gasteiger charge is 2.42. The summed E-state index contributed by atoms with van der Waals surface area (Å²) in [5.74, 6) is -0.449. The highest BCUT2D eigenvalue weighted by molar-refractivity contribution is 5.95. The molecule has 1 aliphatic heterocycles. The van der Waals surface area contributed by atoms with Crippen LogP contribution >= 0.6 is 0 Å². The SMILES string of the molecule is CCNC(=O)c1c(OCc2ccccc2)c(=O)ccn1C1(CO)COC1. The maximum absolute atomic E-state index is 12.7. The Morgan fingerprint density at radius 1 is 1.31 bits per heavy atom. The normalized spacial score (nSPS) is 15.2. The number of aromatic nitrogens is 1. The van der Waals surface area contributed by atoms with E-state index in [9.17, 15) is 14.7 Å². The molecule has 0 aliphatic carbocycles. The third-order valence-electron chi connectivity index (χ3n) is 4.38. The van der Waals surface area contributed by atoms with Crippen molar-refractivity contribution in [2.45, 2.75) is 19.1 Å². The maximum Gasteiger partial charge on any atom is 0.271 e. The monoisotopic (exact) mass is 358 g/mol.